The first-order chi connectivity index (χ1) is 10.0. The van der Waals surface area contributed by atoms with Crippen molar-refractivity contribution < 1.29 is 14.3 Å². The van der Waals surface area contributed by atoms with E-state index in [0.29, 0.717) is 11.8 Å². The summed E-state index contributed by atoms with van der Waals surface area (Å²) in [5.74, 6) is -0.238. The second-order valence-corrected chi connectivity index (χ2v) is 5.31. The van der Waals surface area contributed by atoms with Gasteiger partial charge >= 0.3 is 0 Å². The van der Waals surface area contributed by atoms with Crippen LogP contribution in [0.3, 0.4) is 0 Å². The van der Waals surface area contributed by atoms with Crippen LogP contribution in [0.1, 0.15) is 32.1 Å². The maximum Gasteiger partial charge on any atom is 0.241 e. The number of hydrogen-bond acceptors (Lipinski definition) is 4. The third kappa shape index (κ3) is 4.75. The standard InChI is InChI=1S/C15H21N3O3/c16-13(9-14(17)19)15(20)18-10-5-7-12(8-6-10)21-11-3-1-2-4-11/h5-8,11,13H,1-4,9,16H2,(H2,17,19)(H,18,20). The van der Waals surface area contributed by atoms with Crippen LogP contribution in [0.2, 0.25) is 0 Å². The van der Waals surface area contributed by atoms with Crippen molar-refractivity contribution in [2.45, 2.75) is 44.2 Å². The van der Waals surface area contributed by atoms with E-state index in [0.717, 1.165) is 18.6 Å². The summed E-state index contributed by atoms with van der Waals surface area (Å²) in [6.45, 7) is 0. The second kappa shape index (κ2) is 7.08. The molecule has 1 aliphatic carbocycles. The molecular weight excluding hydrogens is 270 g/mol. The summed E-state index contributed by atoms with van der Waals surface area (Å²) in [7, 11) is 0. The van der Waals surface area contributed by atoms with E-state index in [1.165, 1.54) is 12.8 Å². The van der Waals surface area contributed by atoms with Crippen molar-refractivity contribution in [3.05, 3.63) is 24.3 Å². The molecule has 6 nitrogen and oxygen atoms in total. The fourth-order valence-electron chi connectivity index (χ4n) is 2.36. The number of nitrogens with one attached hydrogen (secondary N) is 1. The summed E-state index contributed by atoms with van der Waals surface area (Å²) < 4.78 is 5.84. The SMILES string of the molecule is NC(=O)CC(N)C(=O)Nc1ccc(OC2CCCC2)cc1. The van der Waals surface area contributed by atoms with E-state index >= 15 is 0 Å². The normalized spacial score (nSPS) is 16.4. The van der Waals surface area contributed by atoms with Crippen LogP contribution in [0, 0.1) is 0 Å². The largest absolute Gasteiger partial charge is 0.490 e. The van der Waals surface area contributed by atoms with E-state index in [4.69, 9.17) is 16.2 Å². The summed E-state index contributed by atoms with van der Waals surface area (Å²) in [4.78, 5) is 22.5. The molecule has 0 aromatic heterocycles. The maximum atomic E-state index is 11.7. The Labute approximate surface area is 123 Å². The number of rotatable bonds is 6. The summed E-state index contributed by atoms with van der Waals surface area (Å²) >= 11 is 0. The number of primary amides is 1. The van der Waals surface area contributed by atoms with Gasteiger partial charge in [0.2, 0.25) is 11.8 Å². The summed E-state index contributed by atoms with van der Waals surface area (Å²) in [5, 5.41) is 2.64. The van der Waals surface area contributed by atoms with Crippen LogP contribution in [0.15, 0.2) is 24.3 Å². The highest BCUT2D eigenvalue weighted by atomic mass is 16.5. The molecule has 2 rings (SSSR count). The third-order valence-electron chi connectivity index (χ3n) is 3.48. The van der Waals surface area contributed by atoms with Gasteiger partial charge in [-0.2, -0.15) is 0 Å². The minimum absolute atomic E-state index is 0.172. The average Bonchev–Trinajstić information content (AvgIpc) is 2.93. The van der Waals surface area contributed by atoms with Crippen molar-refractivity contribution in [1.29, 1.82) is 0 Å². The zero-order valence-corrected chi connectivity index (χ0v) is 11.9. The Morgan fingerprint density at radius 1 is 1.24 bits per heavy atom. The van der Waals surface area contributed by atoms with Gasteiger partial charge in [-0.1, -0.05) is 0 Å². The molecule has 2 amide bonds. The molecule has 0 heterocycles. The average molecular weight is 291 g/mol. The van der Waals surface area contributed by atoms with Gasteiger partial charge in [0.15, 0.2) is 0 Å². The first-order valence-corrected chi connectivity index (χ1v) is 7.16. The fraction of sp³-hybridized carbons (Fsp3) is 0.467. The topological polar surface area (TPSA) is 107 Å². The van der Waals surface area contributed by atoms with Gasteiger partial charge < -0.3 is 21.5 Å². The van der Waals surface area contributed by atoms with Gasteiger partial charge in [-0.3, -0.25) is 9.59 Å². The lowest BCUT2D eigenvalue weighted by Crippen LogP contribution is -2.38. The van der Waals surface area contributed by atoms with E-state index in [2.05, 4.69) is 5.32 Å². The minimum atomic E-state index is -0.933. The van der Waals surface area contributed by atoms with E-state index < -0.39 is 17.9 Å². The second-order valence-electron chi connectivity index (χ2n) is 5.31. The molecule has 1 saturated carbocycles. The Hall–Kier alpha value is -2.08. The Morgan fingerprint density at radius 2 is 1.86 bits per heavy atom. The van der Waals surface area contributed by atoms with E-state index in [1.807, 2.05) is 12.1 Å². The van der Waals surface area contributed by atoms with E-state index in [-0.39, 0.29) is 6.42 Å². The number of amides is 2. The van der Waals surface area contributed by atoms with Gasteiger partial charge in [0.1, 0.15) is 5.75 Å². The first-order valence-electron chi connectivity index (χ1n) is 7.16. The van der Waals surface area contributed by atoms with Gasteiger partial charge in [-0.25, -0.2) is 0 Å². The molecule has 0 saturated heterocycles. The molecule has 1 aliphatic rings. The predicted molar refractivity (Wildman–Crippen MR) is 79.7 cm³/mol. The van der Waals surface area contributed by atoms with Crippen LogP contribution in [-0.2, 0) is 9.59 Å². The van der Waals surface area contributed by atoms with Crippen molar-refractivity contribution in [3.8, 4) is 5.75 Å². The lowest BCUT2D eigenvalue weighted by molar-refractivity contribution is -0.123. The van der Waals surface area contributed by atoms with Crippen LogP contribution in [0.5, 0.6) is 5.75 Å². The van der Waals surface area contributed by atoms with Crippen molar-refractivity contribution >= 4 is 17.5 Å². The summed E-state index contributed by atoms with van der Waals surface area (Å²) in [6.07, 6.45) is 4.76. The molecule has 0 bridgehead atoms. The number of nitrogens with two attached hydrogens (primary N) is 2. The molecule has 0 radical (unpaired) electrons. The molecule has 1 fully saturated rings. The zero-order chi connectivity index (χ0) is 15.2. The van der Waals surface area contributed by atoms with Gasteiger partial charge in [-0.15, -0.1) is 0 Å². The number of ether oxygens (including phenoxy) is 1. The molecule has 6 heteroatoms. The minimum Gasteiger partial charge on any atom is -0.490 e. The monoisotopic (exact) mass is 291 g/mol. The number of benzene rings is 1. The molecular formula is C15H21N3O3. The molecule has 1 aromatic rings. The predicted octanol–water partition coefficient (Wildman–Crippen LogP) is 1.15. The molecule has 21 heavy (non-hydrogen) atoms. The van der Waals surface area contributed by atoms with Crippen molar-refractivity contribution in [1.82, 2.24) is 0 Å². The van der Waals surface area contributed by atoms with Gasteiger partial charge in [0, 0.05) is 5.69 Å². The molecule has 0 aliphatic heterocycles. The van der Waals surface area contributed by atoms with E-state index in [1.54, 1.807) is 12.1 Å². The van der Waals surface area contributed by atoms with Gasteiger partial charge in [0.05, 0.1) is 18.6 Å². The molecule has 0 spiro atoms. The Balaban J connectivity index is 1.86. The molecule has 114 valence electrons. The number of carbonyl (C=O) groups excluding carboxylic acids is 2. The molecule has 1 atom stereocenters. The van der Waals surface area contributed by atoms with Crippen LogP contribution in [0.4, 0.5) is 5.69 Å². The van der Waals surface area contributed by atoms with E-state index in [9.17, 15) is 9.59 Å². The first kappa shape index (κ1) is 15.3. The van der Waals surface area contributed by atoms with Gasteiger partial charge in [0.25, 0.3) is 0 Å². The number of hydrogen-bond donors (Lipinski definition) is 3. The fourth-order valence-corrected chi connectivity index (χ4v) is 2.36. The number of carbonyl (C=O) groups is 2. The highest BCUT2D eigenvalue weighted by Crippen LogP contribution is 2.25. The molecule has 5 N–H and O–H groups in total. The third-order valence-corrected chi connectivity index (χ3v) is 3.48. The Bertz CT molecular complexity index is 495. The zero-order valence-electron chi connectivity index (χ0n) is 11.9. The van der Waals surface area contributed by atoms with Crippen LogP contribution < -0.4 is 21.5 Å². The van der Waals surface area contributed by atoms with Crippen LogP contribution >= 0.6 is 0 Å². The van der Waals surface area contributed by atoms with Crippen molar-refractivity contribution in [3.63, 3.8) is 0 Å². The highest BCUT2D eigenvalue weighted by Gasteiger charge is 2.17. The van der Waals surface area contributed by atoms with Crippen molar-refractivity contribution in [2.75, 3.05) is 5.32 Å². The van der Waals surface area contributed by atoms with Crippen LogP contribution in [-0.4, -0.2) is 24.0 Å². The highest BCUT2D eigenvalue weighted by molar-refractivity contribution is 5.97. The van der Waals surface area contributed by atoms with Crippen molar-refractivity contribution in [2.24, 2.45) is 11.5 Å². The lowest BCUT2D eigenvalue weighted by Gasteiger charge is -2.14. The lowest BCUT2D eigenvalue weighted by atomic mass is 10.2. The smallest absolute Gasteiger partial charge is 0.241 e. The summed E-state index contributed by atoms with van der Waals surface area (Å²) in [6, 6.07) is 6.19. The quantitative estimate of drug-likeness (QED) is 0.730. The summed E-state index contributed by atoms with van der Waals surface area (Å²) in [5.41, 5.74) is 11.2. The van der Waals surface area contributed by atoms with Crippen LogP contribution in [0.25, 0.3) is 0 Å². The Kier molecular flexibility index (Phi) is 5.16. The maximum absolute atomic E-state index is 11.7. The molecule has 1 unspecified atom stereocenters. The van der Waals surface area contributed by atoms with Gasteiger partial charge in [-0.05, 0) is 49.9 Å². The Morgan fingerprint density at radius 3 is 2.43 bits per heavy atom. The molecule has 1 aromatic carbocycles. The number of anilines is 1.